The van der Waals surface area contributed by atoms with Gasteiger partial charge in [0.2, 0.25) is 0 Å². The highest BCUT2D eigenvalue weighted by molar-refractivity contribution is 5.81. The van der Waals surface area contributed by atoms with E-state index in [1.165, 1.54) is 12.1 Å². The second-order valence-electron chi connectivity index (χ2n) is 6.98. The topological polar surface area (TPSA) is 54.4 Å². The standard InChI is InChI=1S/C26H20NO3/c1-19(16-20-12-14-24(15-13-20)27(28)29)25-17-23(21-8-4-2-5-9-21)18-26(30-25)22-10-6-3-7-11-22/h2-18H,1H3/q+1/b19-16-. The molecule has 1 aromatic heterocycles. The third kappa shape index (κ3) is 4.33. The molecule has 0 radical (unpaired) electrons. The highest BCUT2D eigenvalue weighted by Crippen LogP contribution is 2.31. The van der Waals surface area contributed by atoms with Crippen molar-refractivity contribution in [2.24, 2.45) is 0 Å². The number of nitrogens with zero attached hydrogens (tertiary/aromatic N) is 1. The second-order valence-corrected chi connectivity index (χ2v) is 6.98. The molecule has 0 aliphatic carbocycles. The van der Waals surface area contributed by atoms with E-state index in [4.69, 9.17) is 4.42 Å². The largest absolute Gasteiger partial charge is 0.361 e. The number of benzene rings is 3. The van der Waals surface area contributed by atoms with Crippen molar-refractivity contribution in [2.75, 3.05) is 0 Å². The maximum absolute atomic E-state index is 10.9. The van der Waals surface area contributed by atoms with Crippen molar-refractivity contribution in [3.63, 3.8) is 0 Å². The highest BCUT2D eigenvalue weighted by atomic mass is 16.6. The quantitative estimate of drug-likeness (QED) is 0.202. The van der Waals surface area contributed by atoms with Gasteiger partial charge in [-0.05, 0) is 48.4 Å². The maximum atomic E-state index is 10.9. The van der Waals surface area contributed by atoms with Crippen molar-refractivity contribution < 1.29 is 9.34 Å². The molecular weight excluding hydrogens is 374 g/mol. The van der Waals surface area contributed by atoms with Gasteiger partial charge in [-0.15, -0.1) is 0 Å². The van der Waals surface area contributed by atoms with E-state index >= 15 is 0 Å². The number of hydrogen-bond donors (Lipinski definition) is 0. The molecule has 0 N–H and O–H groups in total. The first-order valence-corrected chi connectivity index (χ1v) is 9.62. The lowest BCUT2D eigenvalue weighted by atomic mass is 10.0. The molecular formula is C26H20NO3+. The van der Waals surface area contributed by atoms with Gasteiger partial charge in [0, 0.05) is 17.7 Å². The zero-order valence-electron chi connectivity index (χ0n) is 16.5. The molecule has 1 heterocycles. The van der Waals surface area contributed by atoms with E-state index < -0.39 is 4.92 Å². The number of nitro groups is 1. The molecule has 0 amide bonds. The van der Waals surface area contributed by atoms with Gasteiger partial charge in [0.15, 0.2) is 0 Å². The van der Waals surface area contributed by atoms with Crippen molar-refractivity contribution in [2.45, 2.75) is 6.92 Å². The second kappa shape index (κ2) is 8.53. The Kier molecular flexibility index (Phi) is 5.48. The van der Waals surface area contributed by atoms with E-state index in [1.807, 2.05) is 73.7 Å². The summed E-state index contributed by atoms with van der Waals surface area (Å²) in [5, 5.41) is 10.9. The molecule has 4 nitrogen and oxygen atoms in total. The predicted octanol–water partition coefficient (Wildman–Crippen LogP) is 7.36. The lowest BCUT2D eigenvalue weighted by Crippen LogP contribution is -1.89. The molecule has 4 aromatic rings. The van der Waals surface area contributed by atoms with E-state index in [0.717, 1.165) is 39.3 Å². The van der Waals surface area contributed by atoms with Crippen LogP contribution in [0.3, 0.4) is 0 Å². The van der Waals surface area contributed by atoms with Crippen LogP contribution in [-0.2, 0) is 0 Å². The van der Waals surface area contributed by atoms with Gasteiger partial charge in [-0.25, -0.2) is 4.42 Å². The van der Waals surface area contributed by atoms with Crippen molar-refractivity contribution in [3.05, 3.63) is 118 Å². The van der Waals surface area contributed by atoms with Gasteiger partial charge >= 0.3 is 11.5 Å². The Balaban J connectivity index is 1.79. The third-order valence-electron chi connectivity index (χ3n) is 4.83. The molecule has 146 valence electrons. The number of rotatable bonds is 5. The van der Waals surface area contributed by atoms with Gasteiger partial charge in [-0.3, -0.25) is 10.1 Å². The number of non-ortho nitro benzene ring substituents is 1. The van der Waals surface area contributed by atoms with Gasteiger partial charge < -0.3 is 0 Å². The van der Waals surface area contributed by atoms with Crippen LogP contribution in [-0.4, -0.2) is 4.92 Å². The summed E-state index contributed by atoms with van der Waals surface area (Å²) in [5.74, 6) is 1.52. The summed E-state index contributed by atoms with van der Waals surface area (Å²) < 4.78 is 6.25. The molecule has 4 rings (SSSR count). The summed E-state index contributed by atoms with van der Waals surface area (Å²) in [6.07, 6.45) is 1.96. The molecule has 4 heteroatoms. The first-order valence-electron chi connectivity index (χ1n) is 9.62. The zero-order chi connectivity index (χ0) is 20.9. The molecule has 0 fully saturated rings. The lowest BCUT2D eigenvalue weighted by molar-refractivity contribution is -0.384. The third-order valence-corrected chi connectivity index (χ3v) is 4.83. The minimum Gasteiger partial charge on any atom is -0.258 e. The van der Waals surface area contributed by atoms with Crippen LogP contribution in [0.25, 0.3) is 34.1 Å². The van der Waals surface area contributed by atoms with Crippen LogP contribution in [0.5, 0.6) is 0 Å². The van der Waals surface area contributed by atoms with Crippen LogP contribution in [0.15, 0.2) is 101 Å². The lowest BCUT2D eigenvalue weighted by Gasteiger charge is -2.02. The molecule has 3 aromatic carbocycles. The minimum absolute atomic E-state index is 0.0759. The van der Waals surface area contributed by atoms with Crippen LogP contribution >= 0.6 is 0 Å². The summed E-state index contributed by atoms with van der Waals surface area (Å²) >= 11 is 0. The van der Waals surface area contributed by atoms with Crippen molar-refractivity contribution in [1.82, 2.24) is 0 Å². The van der Waals surface area contributed by atoms with Gasteiger partial charge in [0.05, 0.1) is 28.2 Å². The number of allylic oxidation sites excluding steroid dienone is 1. The number of hydrogen-bond acceptors (Lipinski definition) is 2. The molecule has 0 spiro atoms. The highest BCUT2D eigenvalue weighted by Gasteiger charge is 2.20. The van der Waals surface area contributed by atoms with E-state index in [2.05, 4.69) is 12.1 Å². The Morgan fingerprint density at radius 3 is 2.00 bits per heavy atom. The fraction of sp³-hybridized carbons (Fsp3) is 0.0385. The summed E-state index contributed by atoms with van der Waals surface area (Å²) in [6, 6.07) is 30.7. The van der Waals surface area contributed by atoms with Crippen molar-refractivity contribution in [1.29, 1.82) is 0 Å². The average molecular weight is 394 g/mol. The van der Waals surface area contributed by atoms with Crippen LogP contribution in [0.1, 0.15) is 18.2 Å². The van der Waals surface area contributed by atoms with Gasteiger partial charge in [0.1, 0.15) is 0 Å². The fourth-order valence-electron chi connectivity index (χ4n) is 3.25. The molecule has 0 bridgehead atoms. The normalized spacial score (nSPS) is 11.3. The van der Waals surface area contributed by atoms with E-state index in [0.29, 0.717) is 0 Å². The monoisotopic (exact) mass is 394 g/mol. The van der Waals surface area contributed by atoms with E-state index in [1.54, 1.807) is 12.1 Å². The van der Waals surface area contributed by atoms with Crippen molar-refractivity contribution >= 4 is 17.3 Å². The number of nitro benzene ring substituents is 1. The minimum atomic E-state index is -0.398. The van der Waals surface area contributed by atoms with Crippen LogP contribution in [0, 0.1) is 10.1 Å². The molecule has 0 aliphatic heterocycles. The van der Waals surface area contributed by atoms with Gasteiger partial charge in [-0.1, -0.05) is 48.5 Å². The molecule has 0 aliphatic rings. The van der Waals surface area contributed by atoms with Gasteiger partial charge in [-0.2, -0.15) is 0 Å². The van der Waals surface area contributed by atoms with Gasteiger partial charge in [0.25, 0.3) is 5.69 Å². The maximum Gasteiger partial charge on any atom is 0.361 e. The SMILES string of the molecule is C/C(=C/c1ccc([N+](=O)[O-])cc1)c1cc(-c2ccccc2)cc(-c2ccccc2)[o+]1. The predicted molar refractivity (Wildman–Crippen MR) is 121 cm³/mol. The zero-order valence-corrected chi connectivity index (χ0v) is 16.5. The Hall–Kier alpha value is -4.05. The first kappa shape index (κ1) is 19.3. The van der Waals surface area contributed by atoms with E-state index in [9.17, 15) is 10.1 Å². The smallest absolute Gasteiger partial charge is 0.258 e. The fourth-order valence-corrected chi connectivity index (χ4v) is 3.25. The molecule has 0 saturated carbocycles. The Labute approximate surface area is 174 Å². The Morgan fingerprint density at radius 2 is 1.40 bits per heavy atom. The Bertz CT molecular complexity index is 1140. The molecule has 0 saturated heterocycles. The molecule has 30 heavy (non-hydrogen) atoms. The van der Waals surface area contributed by atoms with Crippen LogP contribution in [0.4, 0.5) is 5.69 Å². The summed E-state index contributed by atoms with van der Waals surface area (Å²) in [4.78, 5) is 10.5. The summed E-state index contributed by atoms with van der Waals surface area (Å²) in [5.41, 5.74) is 5.05. The molecule has 0 unspecified atom stereocenters. The van der Waals surface area contributed by atoms with Crippen LogP contribution < -0.4 is 0 Å². The summed E-state index contributed by atoms with van der Waals surface area (Å²) in [6.45, 7) is 1.98. The van der Waals surface area contributed by atoms with E-state index in [-0.39, 0.29) is 5.69 Å². The summed E-state index contributed by atoms with van der Waals surface area (Å²) in [7, 11) is 0. The van der Waals surface area contributed by atoms with Crippen LogP contribution in [0.2, 0.25) is 0 Å². The first-order chi connectivity index (χ1) is 14.6. The average Bonchev–Trinajstić information content (AvgIpc) is 2.80. The Morgan fingerprint density at radius 1 is 0.800 bits per heavy atom. The van der Waals surface area contributed by atoms with Crippen molar-refractivity contribution in [3.8, 4) is 22.5 Å². The molecule has 0 atom stereocenters.